The fourth-order valence-electron chi connectivity index (χ4n) is 7.76. The number of guanidine groups is 1. The van der Waals surface area contributed by atoms with Crippen molar-refractivity contribution < 1.29 is 19.1 Å². The van der Waals surface area contributed by atoms with Crippen LogP contribution >= 0.6 is 0 Å². The highest BCUT2D eigenvalue weighted by atomic mass is 16.7. The van der Waals surface area contributed by atoms with Crippen LogP contribution in [-0.2, 0) is 14.1 Å². The lowest BCUT2D eigenvalue weighted by Gasteiger charge is -2.64. The number of nitrogens with zero attached hydrogens (tertiary/aromatic N) is 2. The number of nitrogens with one attached hydrogen (secondary N) is 3. The van der Waals surface area contributed by atoms with Gasteiger partial charge in [-0.05, 0) is 75.2 Å². The third-order valence-electron chi connectivity index (χ3n) is 10.5. The van der Waals surface area contributed by atoms with Gasteiger partial charge < -0.3 is 25.7 Å². The van der Waals surface area contributed by atoms with E-state index in [1.165, 1.54) is 51.4 Å². The number of hydrogen-bond donors (Lipinski definition) is 4. The first kappa shape index (κ1) is 36.6. The smallest absolute Gasteiger partial charge is 0.404 e. The number of unbranched alkanes of at least 4 members (excludes halogenated alkanes) is 8. The minimum atomic E-state index is -0.731. The molecule has 0 aromatic carbocycles. The van der Waals surface area contributed by atoms with Crippen molar-refractivity contribution in [2.75, 3.05) is 13.1 Å². The number of carbonyl (C=O) groups excluding carboxylic acids is 1. The maximum Gasteiger partial charge on any atom is 0.481 e. The molecule has 1 aliphatic heterocycles. The Balaban J connectivity index is 1.56. The van der Waals surface area contributed by atoms with Crippen molar-refractivity contribution in [2.45, 2.75) is 155 Å². The van der Waals surface area contributed by atoms with Crippen LogP contribution in [0.15, 0.2) is 4.99 Å². The van der Waals surface area contributed by atoms with Crippen molar-refractivity contribution in [2.24, 2.45) is 33.9 Å². The standard InChI is InChI=1S/C32H61BN6O5/c1-7-8-9-10-11-12-13-14-15-18-35-25(17-16-19-36-30(34)38-39(41)42)29(40)37-28(20-23(2)3)33-43-27-22-24-21-26(31(24,4)5)32(27,6)44-33/h23-28,35H,7-22H2,1-6H3,(H,37,40)(H3,34,36,38)/t24-,25+,26-,27-,28+,32+/m1/s1. The van der Waals surface area contributed by atoms with E-state index >= 15 is 0 Å². The number of nitro groups is 1. The van der Waals surface area contributed by atoms with Crippen LogP contribution in [-0.4, -0.2) is 60.8 Å². The van der Waals surface area contributed by atoms with Crippen LogP contribution in [0.3, 0.4) is 0 Å². The Morgan fingerprint density at radius 2 is 1.73 bits per heavy atom. The quantitative estimate of drug-likeness (QED) is 0.0343. The van der Waals surface area contributed by atoms with E-state index in [9.17, 15) is 14.9 Å². The molecule has 1 amide bonds. The lowest BCUT2D eigenvalue weighted by Crippen LogP contribution is -2.65. The molecule has 0 unspecified atom stereocenters. The molecule has 6 atom stereocenters. The maximum absolute atomic E-state index is 13.8. The molecule has 44 heavy (non-hydrogen) atoms. The Morgan fingerprint density at radius 1 is 1.07 bits per heavy atom. The van der Waals surface area contributed by atoms with Gasteiger partial charge in [0.2, 0.25) is 5.91 Å². The average Bonchev–Trinajstić information content (AvgIpc) is 3.31. The second kappa shape index (κ2) is 17.1. The zero-order chi connectivity index (χ0) is 32.3. The van der Waals surface area contributed by atoms with Gasteiger partial charge in [0.25, 0.3) is 5.96 Å². The van der Waals surface area contributed by atoms with Gasteiger partial charge in [0, 0.05) is 6.54 Å². The van der Waals surface area contributed by atoms with Crippen LogP contribution < -0.4 is 21.8 Å². The van der Waals surface area contributed by atoms with Gasteiger partial charge in [-0.2, -0.15) is 0 Å². The minimum absolute atomic E-state index is 0.0625. The normalized spacial score (nSPS) is 27.0. The molecule has 4 aliphatic rings. The van der Waals surface area contributed by atoms with Crippen molar-refractivity contribution in [1.29, 1.82) is 0 Å². The number of rotatable bonds is 21. The molecule has 0 radical (unpaired) electrons. The van der Waals surface area contributed by atoms with E-state index < -0.39 is 18.2 Å². The van der Waals surface area contributed by atoms with Crippen LogP contribution in [0.1, 0.15) is 131 Å². The summed E-state index contributed by atoms with van der Waals surface area (Å²) in [6, 6.07) is -0.412. The van der Waals surface area contributed by atoms with Gasteiger partial charge in [-0.15, -0.1) is 0 Å². The van der Waals surface area contributed by atoms with E-state index in [1.807, 2.05) is 5.43 Å². The Labute approximate surface area is 266 Å². The SMILES string of the molecule is CCCCCCCCCCCN[C@@H](CCCN=C(N)N[N+](=O)[O-])C(=O)N[C@@H](CC(C)C)B1O[C@@H]2C[C@H]3C[C@H](C3(C)C)[C@]2(C)O1. The number of aliphatic imine (C=N–C) groups is 1. The van der Waals surface area contributed by atoms with E-state index in [-0.39, 0.29) is 34.9 Å². The zero-order valence-corrected chi connectivity index (χ0v) is 28.4. The van der Waals surface area contributed by atoms with Crippen LogP contribution in [0.5, 0.6) is 0 Å². The predicted molar refractivity (Wildman–Crippen MR) is 176 cm³/mol. The molecule has 0 aromatic heterocycles. The molecule has 12 heteroatoms. The van der Waals surface area contributed by atoms with Gasteiger partial charge in [0.05, 0.1) is 23.7 Å². The van der Waals surface area contributed by atoms with Crippen molar-refractivity contribution in [1.82, 2.24) is 16.1 Å². The molecule has 1 saturated heterocycles. The number of nitrogens with two attached hydrogens (primary N) is 1. The molecule has 0 aromatic rings. The summed E-state index contributed by atoms with van der Waals surface area (Å²) in [5.74, 6) is 0.930. The lowest BCUT2D eigenvalue weighted by atomic mass is 9.43. The van der Waals surface area contributed by atoms with Crippen LogP contribution in [0.25, 0.3) is 0 Å². The highest BCUT2D eigenvalue weighted by Gasteiger charge is 2.68. The van der Waals surface area contributed by atoms with Crippen LogP contribution in [0, 0.1) is 33.3 Å². The lowest BCUT2D eigenvalue weighted by molar-refractivity contribution is -0.525. The second-order valence-corrected chi connectivity index (χ2v) is 14.7. The molecular formula is C32H61BN6O5. The van der Waals surface area contributed by atoms with Crippen molar-refractivity contribution in [3.8, 4) is 0 Å². The summed E-state index contributed by atoms with van der Waals surface area (Å²) in [6.07, 6.45) is 15.3. The minimum Gasteiger partial charge on any atom is -0.404 e. The Kier molecular flexibility index (Phi) is 14.2. The highest BCUT2D eigenvalue weighted by Crippen LogP contribution is 2.65. The second-order valence-electron chi connectivity index (χ2n) is 14.7. The van der Waals surface area contributed by atoms with Gasteiger partial charge in [-0.25, -0.2) is 15.1 Å². The summed E-state index contributed by atoms with van der Waals surface area (Å²) in [7, 11) is -0.470. The number of carbonyl (C=O) groups is 1. The molecule has 1 heterocycles. The van der Waals surface area contributed by atoms with E-state index in [2.05, 4.69) is 57.2 Å². The monoisotopic (exact) mass is 620 g/mol. The number of hydrogen-bond acceptors (Lipinski definition) is 7. The Hall–Kier alpha value is -1.92. The van der Waals surface area contributed by atoms with Crippen LogP contribution in [0.2, 0.25) is 0 Å². The first-order valence-electron chi connectivity index (χ1n) is 17.5. The topological polar surface area (TPSA) is 153 Å². The molecule has 4 fully saturated rings. The molecular weight excluding hydrogens is 559 g/mol. The summed E-state index contributed by atoms with van der Waals surface area (Å²) < 4.78 is 13.3. The summed E-state index contributed by atoms with van der Waals surface area (Å²) in [4.78, 5) is 28.4. The Morgan fingerprint density at radius 3 is 2.34 bits per heavy atom. The highest BCUT2D eigenvalue weighted by molar-refractivity contribution is 6.47. The molecule has 252 valence electrons. The predicted octanol–water partition coefficient (Wildman–Crippen LogP) is 5.15. The van der Waals surface area contributed by atoms with E-state index in [0.717, 1.165) is 32.2 Å². The largest absolute Gasteiger partial charge is 0.481 e. The van der Waals surface area contributed by atoms with E-state index in [4.69, 9.17) is 15.0 Å². The average molecular weight is 621 g/mol. The maximum atomic E-state index is 13.8. The van der Waals surface area contributed by atoms with Gasteiger partial charge in [0.15, 0.2) is 5.03 Å². The molecule has 4 rings (SSSR count). The first-order valence-corrected chi connectivity index (χ1v) is 17.5. The molecule has 0 spiro atoms. The fourth-order valence-corrected chi connectivity index (χ4v) is 7.76. The third kappa shape index (κ3) is 10.0. The number of amides is 1. The summed E-state index contributed by atoms with van der Waals surface area (Å²) in [5, 5.41) is 16.7. The molecule has 2 bridgehead atoms. The van der Waals surface area contributed by atoms with Crippen LogP contribution in [0.4, 0.5) is 0 Å². The summed E-state index contributed by atoms with van der Waals surface area (Å²) >= 11 is 0. The van der Waals surface area contributed by atoms with E-state index in [1.54, 1.807) is 0 Å². The number of hydrazine groups is 1. The summed E-state index contributed by atoms with van der Waals surface area (Å²) in [6.45, 7) is 14.5. The van der Waals surface area contributed by atoms with Gasteiger partial charge in [0.1, 0.15) is 0 Å². The van der Waals surface area contributed by atoms with Gasteiger partial charge in [-0.1, -0.05) is 91.4 Å². The molecule has 5 N–H and O–H groups in total. The van der Waals surface area contributed by atoms with Crippen molar-refractivity contribution in [3.63, 3.8) is 0 Å². The molecule has 3 aliphatic carbocycles. The third-order valence-corrected chi connectivity index (χ3v) is 10.5. The van der Waals surface area contributed by atoms with Gasteiger partial charge >= 0.3 is 7.12 Å². The van der Waals surface area contributed by atoms with Gasteiger partial charge in [-0.3, -0.25) is 4.79 Å². The first-order chi connectivity index (χ1) is 20.9. The van der Waals surface area contributed by atoms with Crippen molar-refractivity contribution in [3.05, 3.63) is 10.1 Å². The van der Waals surface area contributed by atoms with E-state index in [0.29, 0.717) is 37.1 Å². The summed E-state index contributed by atoms with van der Waals surface area (Å²) in [5.41, 5.74) is 7.36. The molecule has 3 saturated carbocycles. The van der Waals surface area contributed by atoms with Crippen molar-refractivity contribution >= 4 is 19.0 Å². The Bertz CT molecular complexity index is 952. The fraction of sp³-hybridized carbons (Fsp3) is 0.938. The zero-order valence-electron chi connectivity index (χ0n) is 28.4. The molecule has 11 nitrogen and oxygen atoms in total.